The summed E-state index contributed by atoms with van der Waals surface area (Å²) in [7, 11) is 0. The molecule has 0 bridgehead atoms. The number of benzene rings is 1. The summed E-state index contributed by atoms with van der Waals surface area (Å²) >= 11 is 0. The Bertz CT molecular complexity index is 468. The van der Waals surface area contributed by atoms with Gasteiger partial charge in [-0.1, -0.05) is 26.0 Å². The summed E-state index contributed by atoms with van der Waals surface area (Å²) in [5.41, 5.74) is 0.533. The number of amides is 1. The molecule has 1 amide bonds. The molecule has 116 valence electrons. The quantitative estimate of drug-likeness (QED) is 0.846. The van der Waals surface area contributed by atoms with Crippen LogP contribution in [0.5, 0.6) is 5.75 Å². The molecular formula is C17H26N2O2. The van der Waals surface area contributed by atoms with Crippen LogP contribution in [0.1, 0.15) is 39.5 Å². The molecule has 0 aliphatic carbocycles. The average Bonchev–Trinajstić information content (AvgIpc) is 2.54. The predicted molar refractivity (Wildman–Crippen MR) is 85.7 cm³/mol. The maximum absolute atomic E-state index is 12.8. The van der Waals surface area contributed by atoms with Crippen molar-refractivity contribution in [3.63, 3.8) is 0 Å². The molecule has 0 radical (unpaired) electrons. The van der Waals surface area contributed by atoms with Crippen LogP contribution in [0.3, 0.4) is 0 Å². The number of carbonyl (C=O) groups is 1. The minimum absolute atomic E-state index is 0.124. The van der Waals surface area contributed by atoms with Crippen molar-refractivity contribution < 1.29 is 9.53 Å². The van der Waals surface area contributed by atoms with E-state index in [0.717, 1.165) is 50.2 Å². The van der Waals surface area contributed by atoms with E-state index in [1.807, 2.05) is 24.3 Å². The number of hydrogen-bond acceptors (Lipinski definition) is 3. The van der Waals surface area contributed by atoms with Crippen molar-refractivity contribution in [2.24, 2.45) is 5.41 Å². The second kappa shape index (κ2) is 7.46. The van der Waals surface area contributed by atoms with Gasteiger partial charge in [-0.2, -0.15) is 0 Å². The van der Waals surface area contributed by atoms with Gasteiger partial charge in [0.25, 0.3) is 0 Å². The third-order valence-electron chi connectivity index (χ3n) is 4.32. The first-order valence-electron chi connectivity index (χ1n) is 7.96. The fourth-order valence-electron chi connectivity index (χ4n) is 2.81. The lowest BCUT2D eigenvalue weighted by atomic mass is 9.76. The Kier molecular flexibility index (Phi) is 5.62. The minimum atomic E-state index is -0.247. The van der Waals surface area contributed by atoms with Crippen molar-refractivity contribution in [1.82, 2.24) is 5.32 Å². The second-order valence-corrected chi connectivity index (χ2v) is 5.68. The van der Waals surface area contributed by atoms with Gasteiger partial charge in [-0.3, -0.25) is 4.79 Å². The van der Waals surface area contributed by atoms with Crippen molar-refractivity contribution in [2.75, 3.05) is 25.0 Å². The van der Waals surface area contributed by atoms with Crippen LogP contribution in [-0.2, 0) is 4.79 Å². The normalized spacial score (nSPS) is 17.2. The summed E-state index contributed by atoms with van der Waals surface area (Å²) in [6.07, 6.45) is 3.62. The summed E-state index contributed by atoms with van der Waals surface area (Å²) in [5, 5.41) is 6.42. The lowest BCUT2D eigenvalue weighted by molar-refractivity contribution is -0.127. The zero-order chi connectivity index (χ0) is 15.1. The molecule has 0 spiro atoms. The number of para-hydroxylation sites is 2. The highest BCUT2D eigenvalue weighted by molar-refractivity contribution is 5.96. The molecule has 1 heterocycles. The molecule has 0 atom stereocenters. The molecule has 4 heteroatoms. The van der Waals surface area contributed by atoms with Crippen LogP contribution in [0.4, 0.5) is 5.69 Å². The molecule has 0 aromatic heterocycles. The summed E-state index contributed by atoms with van der Waals surface area (Å²) in [4.78, 5) is 12.8. The van der Waals surface area contributed by atoms with Gasteiger partial charge >= 0.3 is 0 Å². The van der Waals surface area contributed by atoms with Crippen molar-refractivity contribution in [3.05, 3.63) is 24.3 Å². The molecule has 0 unspecified atom stereocenters. The van der Waals surface area contributed by atoms with Gasteiger partial charge in [0, 0.05) is 0 Å². The van der Waals surface area contributed by atoms with Gasteiger partial charge in [-0.25, -0.2) is 0 Å². The third-order valence-corrected chi connectivity index (χ3v) is 4.32. The van der Waals surface area contributed by atoms with Crippen LogP contribution < -0.4 is 15.4 Å². The van der Waals surface area contributed by atoms with E-state index in [-0.39, 0.29) is 11.3 Å². The first-order valence-corrected chi connectivity index (χ1v) is 7.96. The molecule has 1 aromatic carbocycles. The summed E-state index contributed by atoms with van der Waals surface area (Å²) in [5.74, 6) is 0.881. The number of hydrogen-bond donors (Lipinski definition) is 2. The Hall–Kier alpha value is -1.55. The second-order valence-electron chi connectivity index (χ2n) is 5.68. The van der Waals surface area contributed by atoms with E-state index < -0.39 is 0 Å². The van der Waals surface area contributed by atoms with Gasteiger partial charge in [0.05, 0.1) is 17.7 Å². The van der Waals surface area contributed by atoms with E-state index in [0.29, 0.717) is 6.61 Å². The number of ether oxygens (including phenoxy) is 1. The molecule has 0 saturated carbocycles. The van der Waals surface area contributed by atoms with E-state index in [1.54, 1.807) is 0 Å². The van der Waals surface area contributed by atoms with E-state index in [1.165, 1.54) is 0 Å². The SMILES string of the molecule is CCCOc1ccccc1NC(=O)C1(CC)CCNCC1. The van der Waals surface area contributed by atoms with Crippen LogP contribution in [0.15, 0.2) is 24.3 Å². The van der Waals surface area contributed by atoms with Crippen LogP contribution in [0.2, 0.25) is 0 Å². The first kappa shape index (κ1) is 15.8. The largest absolute Gasteiger partial charge is 0.491 e. The fraction of sp³-hybridized carbons (Fsp3) is 0.588. The standard InChI is InChI=1S/C17H26N2O2/c1-3-13-21-15-8-6-5-7-14(15)19-16(20)17(4-2)9-11-18-12-10-17/h5-8,18H,3-4,9-13H2,1-2H3,(H,19,20). The topological polar surface area (TPSA) is 50.4 Å². The number of nitrogens with one attached hydrogen (secondary N) is 2. The van der Waals surface area contributed by atoms with Gasteiger partial charge < -0.3 is 15.4 Å². The Morgan fingerprint density at radius 2 is 2.00 bits per heavy atom. The molecule has 1 fully saturated rings. The zero-order valence-electron chi connectivity index (χ0n) is 13.1. The minimum Gasteiger partial charge on any atom is -0.491 e. The Morgan fingerprint density at radius 3 is 2.67 bits per heavy atom. The number of carbonyl (C=O) groups excluding carboxylic acids is 1. The molecule has 1 aromatic rings. The molecule has 21 heavy (non-hydrogen) atoms. The van der Waals surface area contributed by atoms with Gasteiger partial charge in [-0.05, 0) is 50.9 Å². The summed E-state index contributed by atoms with van der Waals surface area (Å²) in [6, 6.07) is 7.68. The van der Waals surface area contributed by atoms with Crippen molar-refractivity contribution in [1.29, 1.82) is 0 Å². The van der Waals surface area contributed by atoms with Crippen LogP contribution >= 0.6 is 0 Å². The molecular weight excluding hydrogens is 264 g/mol. The van der Waals surface area contributed by atoms with Crippen molar-refractivity contribution in [2.45, 2.75) is 39.5 Å². The summed E-state index contributed by atoms with van der Waals surface area (Å²) in [6.45, 7) is 6.66. The lowest BCUT2D eigenvalue weighted by Crippen LogP contribution is -2.44. The molecule has 4 nitrogen and oxygen atoms in total. The highest BCUT2D eigenvalue weighted by atomic mass is 16.5. The van der Waals surface area contributed by atoms with Crippen LogP contribution in [0.25, 0.3) is 0 Å². The van der Waals surface area contributed by atoms with E-state index >= 15 is 0 Å². The fourth-order valence-corrected chi connectivity index (χ4v) is 2.81. The maximum Gasteiger partial charge on any atom is 0.230 e. The third kappa shape index (κ3) is 3.76. The van der Waals surface area contributed by atoms with Crippen molar-refractivity contribution >= 4 is 11.6 Å². The van der Waals surface area contributed by atoms with Crippen LogP contribution in [0, 0.1) is 5.41 Å². The van der Waals surface area contributed by atoms with Crippen LogP contribution in [-0.4, -0.2) is 25.6 Å². The highest BCUT2D eigenvalue weighted by Crippen LogP contribution is 2.35. The molecule has 1 aliphatic rings. The maximum atomic E-state index is 12.8. The zero-order valence-corrected chi connectivity index (χ0v) is 13.1. The Morgan fingerprint density at radius 1 is 1.29 bits per heavy atom. The first-order chi connectivity index (χ1) is 10.2. The molecule has 2 rings (SSSR count). The average molecular weight is 290 g/mol. The van der Waals surface area contributed by atoms with Crippen molar-refractivity contribution in [3.8, 4) is 5.75 Å². The highest BCUT2D eigenvalue weighted by Gasteiger charge is 2.37. The number of anilines is 1. The smallest absolute Gasteiger partial charge is 0.230 e. The number of rotatable bonds is 6. The van der Waals surface area contributed by atoms with E-state index in [9.17, 15) is 4.79 Å². The number of piperidine rings is 1. The Balaban J connectivity index is 2.11. The lowest BCUT2D eigenvalue weighted by Gasteiger charge is -2.35. The Labute approximate surface area is 127 Å². The summed E-state index contributed by atoms with van der Waals surface area (Å²) < 4.78 is 5.71. The monoisotopic (exact) mass is 290 g/mol. The molecule has 1 saturated heterocycles. The van der Waals surface area contributed by atoms with E-state index in [4.69, 9.17) is 4.74 Å². The van der Waals surface area contributed by atoms with Gasteiger partial charge in [0.1, 0.15) is 5.75 Å². The molecule has 1 aliphatic heterocycles. The van der Waals surface area contributed by atoms with Gasteiger partial charge in [0.15, 0.2) is 0 Å². The molecule has 2 N–H and O–H groups in total. The predicted octanol–water partition coefficient (Wildman–Crippen LogP) is 3.19. The van der Waals surface area contributed by atoms with E-state index in [2.05, 4.69) is 24.5 Å². The van der Waals surface area contributed by atoms with Gasteiger partial charge in [0.2, 0.25) is 5.91 Å². The van der Waals surface area contributed by atoms with Gasteiger partial charge in [-0.15, -0.1) is 0 Å².